The van der Waals surface area contributed by atoms with Gasteiger partial charge in [-0.15, -0.1) is 0 Å². The average molecular weight is 294 g/mol. The number of hydrogen-bond donors (Lipinski definition) is 0. The lowest BCUT2D eigenvalue weighted by molar-refractivity contribution is 0.376. The molecule has 0 spiro atoms. The maximum absolute atomic E-state index is 13.4. The monoisotopic (exact) mass is 294 g/mol. The molecule has 0 nitrogen and oxygen atoms in total. The first kappa shape index (κ1) is 14.8. The molecule has 0 amide bonds. The highest BCUT2D eigenvalue weighted by Gasteiger charge is 2.24. The molecular formula is C16H7F5. The molecule has 0 aliphatic heterocycles. The lowest BCUT2D eigenvalue weighted by Crippen LogP contribution is -2.04. The van der Waals surface area contributed by atoms with Crippen molar-refractivity contribution >= 4 is 6.08 Å². The molecule has 106 valence electrons. The van der Waals surface area contributed by atoms with Crippen LogP contribution in [0.4, 0.5) is 22.0 Å². The average Bonchev–Trinajstić information content (AvgIpc) is 2.51. The Balaban J connectivity index is 2.49. The van der Waals surface area contributed by atoms with Crippen LogP contribution in [0.5, 0.6) is 0 Å². The summed E-state index contributed by atoms with van der Waals surface area (Å²) in [6.45, 7) is 3.55. The zero-order valence-electron chi connectivity index (χ0n) is 10.5. The summed E-state index contributed by atoms with van der Waals surface area (Å²) in [5, 5.41) is 0. The second kappa shape index (κ2) is 5.80. The van der Waals surface area contributed by atoms with E-state index < -0.39 is 34.6 Å². The standard InChI is InChI=1S/C16H7F5/c1-2-9-3-5-10(6-4-9)7-8-11-12(17)14(19)16(21)15(20)13(11)18/h2-6H,1H2. The Kier molecular flexibility index (Phi) is 4.08. The molecule has 0 atom stereocenters. The smallest absolute Gasteiger partial charge is 0.200 e. The molecule has 0 fully saturated rings. The number of hydrogen-bond acceptors (Lipinski definition) is 0. The second-order valence-corrected chi connectivity index (χ2v) is 4.02. The van der Waals surface area contributed by atoms with Crippen molar-refractivity contribution in [2.75, 3.05) is 0 Å². The van der Waals surface area contributed by atoms with Gasteiger partial charge in [-0.3, -0.25) is 0 Å². The molecule has 0 bridgehead atoms. The predicted molar refractivity (Wildman–Crippen MR) is 68.7 cm³/mol. The molecule has 2 rings (SSSR count). The number of rotatable bonds is 1. The van der Waals surface area contributed by atoms with Crippen molar-refractivity contribution in [3.05, 3.63) is 76.6 Å². The molecule has 0 aliphatic rings. The summed E-state index contributed by atoms with van der Waals surface area (Å²) in [6, 6.07) is 6.37. The van der Waals surface area contributed by atoms with Gasteiger partial charge in [0.2, 0.25) is 5.82 Å². The van der Waals surface area contributed by atoms with Gasteiger partial charge in [-0.05, 0) is 17.7 Å². The van der Waals surface area contributed by atoms with Gasteiger partial charge in [-0.25, -0.2) is 22.0 Å². The van der Waals surface area contributed by atoms with E-state index in [2.05, 4.69) is 12.5 Å². The molecule has 0 radical (unpaired) electrons. The SMILES string of the molecule is C=Cc1ccc(C#Cc2c(F)c(F)c(F)c(F)c2F)cc1. The molecule has 0 aromatic heterocycles. The molecule has 0 heterocycles. The first-order valence-corrected chi connectivity index (χ1v) is 5.71. The largest absolute Gasteiger partial charge is 0.202 e. The van der Waals surface area contributed by atoms with Crippen molar-refractivity contribution in [2.24, 2.45) is 0 Å². The van der Waals surface area contributed by atoms with Crippen LogP contribution >= 0.6 is 0 Å². The highest BCUT2D eigenvalue weighted by molar-refractivity contribution is 5.51. The van der Waals surface area contributed by atoms with Crippen molar-refractivity contribution in [1.29, 1.82) is 0 Å². The molecule has 5 heteroatoms. The topological polar surface area (TPSA) is 0 Å². The van der Waals surface area contributed by atoms with Gasteiger partial charge in [0.05, 0.1) is 0 Å². The normalized spacial score (nSPS) is 9.95. The second-order valence-electron chi connectivity index (χ2n) is 4.02. The Bertz CT molecular complexity index is 735. The van der Waals surface area contributed by atoms with Gasteiger partial charge in [-0.1, -0.05) is 36.6 Å². The van der Waals surface area contributed by atoms with E-state index in [1.165, 1.54) is 12.1 Å². The summed E-state index contributed by atoms with van der Waals surface area (Å²) < 4.78 is 65.6. The van der Waals surface area contributed by atoms with E-state index in [9.17, 15) is 22.0 Å². The van der Waals surface area contributed by atoms with Crippen molar-refractivity contribution < 1.29 is 22.0 Å². The zero-order chi connectivity index (χ0) is 15.6. The minimum atomic E-state index is -2.20. The van der Waals surface area contributed by atoms with Gasteiger partial charge >= 0.3 is 0 Å². The summed E-state index contributed by atoms with van der Waals surface area (Å²) in [5.41, 5.74) is 0.0144. The van der Waals surface area contributed by atoms with Gasteiger partial charge < -0.3 is 0 Å². The van der Waals surface area contributed by atoms with E-state index in [1.807, 2.05) is 5.92 Å². The van der Waals surface area contributed by atoms with E-state index in [1.54, 1.807) is 18.2 Å². The van der Waals surface area contributed by atoms with Gasteiger partial charge in [-0.2, -0.15) is 0 Å². The van der Waals surface area contributed by atoms with Crippen molar-refractivity contribution in [3.8, 4) is 11.8 Å². The fourth-order valence-electron chi connectivity index (χ4n) is 1.55. The number of benzene rings is 2. The maximum atomic E-state index is 13.4. The lowest BCUT2D eigenvalue weighted by Gasteiger charge is -2.02. The summed E-state index contributed by atoms with van der Waals surface area (Å²) in [5.74, 6) is -5.80. The third-order valence-corrected chi connectivity index (χ3v) is 2.69. The maximum Gasteiger partial charge on any atom is 0.200 e. The molecule has 2 aromatic rings. The van der Waals surface area contributed by atoms with Crippen LogP contribution in [0.1, 0.15) is 16.7 Å². The number of halogens is 5. The van der Waals surface area contributed by atoms with E-state index in [-0.39, 0.29) is 0 Å². The Morgan fingerprint density at radius 3 is 1.67 bits per heavy atom. The Labute approximate surface area is 117 Å². The third-order valence-electron chi connectivity index (χ3n) is 2.69. The fourth-order valence-corrected chi connectivity index (χ4v) is 1.55. The molecule has 0 unspecified atom stereocenters. The minimum absolute atomic E-state index is 0.365. The summed E-state index contributed by atoms with van der Waals surface area (Å²) in [6.07, 6.45) is 1.58. The van der Waals surface area contributed by atoms with Gasteiger partial charge in [0.25, 0.3) is 0 Å². The van der Waals surface area contributed by atoms with E-state index >= 15 is 0 Å². The Morgan fingerprint density at radius 2 is 1.19 bits per heavy atom. The predicted octanol–water partition coefficient (Wildman–Crippen LogP) is 4.42. The van der Waals surface area contributed by atoms with Crippen LogP contribution in [0.25, 0.3) is 6.08 Å². The zero-order valence-corrected chi connectivity index (χ0v) is 10.5. The molecule has 21 heavy (non-hydrogen) atoms. The summed E-state index contributed by atoms with van der Waals surface area (Å²) in [4.78, 5) is 0. The fraction of sp³-hybridized carbons (Fsp3) is 0. The Hall–Kier alpha value is -2.61. The van der Waals surface area contributed by atoms with Crippen LogP contribution in [-0.4, -0.2) is 0 Å². The van der Waals surface area contributed by atoms with Crippen LogP contribution in [0.15, 0.2) is 30.8 Å². The van der Waals surface area contributed by atoms with Crippen LogP contribution in [-0.2, 0) is 0 Å². The van der Waals surface area contributed by atoms with E-state index in [4.69, 9.17) is 0 Å². The highest BCUT2D eigenvalue weighted by Crippen LogP contribution is 2.22. The van der Waals surface area contributed by atoms with Crippen molar-refractivity contribution in [1.82, 2.24) is 0 Å². The molecule has 0 saturated carbocycles. The van der Waals surface area contributed by atoms with E-state index in [0.29, 0.717) is 5.56 Å². The van der Waals surface area contributed by atoms with Crippen LogP contribution in [0.2, 0.25) is 0 Å². The summed E-state index contributed by atoms with van der Waals surface area (Å²) >= 11 is 0. The molecule has 2 aromatic carbocycles. The van der Waals surface area contributed by atoms with Crippen molar-refractivity contribution in [3.63, 3.8) is 0 Å². The van der Waals surface area contributed by atoms with Crippen LogP contribution in [0.3, 0.4) is 0 Å². The van der Waals surface area contributed by atoms with Gasteiger partial charge in [0, 0.05) is 5.56 Å². The van der Waals surface area contributed by atoms with Gasteiger partial charge in [0.15, 0.2) is 23.3 Å². The van der Waals surface area contributed by atoms with Gasteiger partial charge in [0.1, 0.15) is 5.56 Å². The summed E-state index contributed by atoms with van der Waals surface area (Å²) in [7, 11) is 0. The first-order chi connectivity index (χ1) is 9.95. The molecular weight excluding hydrogens is 287 g/mol. The molecule has 0 aliphatic carbocycles. The quantitative estimate of drug-likeness (QED) is 0.316. The molecule has 0 saturated heterocycles. The van der Waals surface area contributed by atoms with Crippen molar-refractivity contribution in [2.45, 2.75) is 0 Å². The van der Waals surface area contributed by atoms with E-state index in [0.717, 1.165) is 5.56 Å². The Morgan fingerprint density at radius 1 is 0.714 bits per heavy atom. The van der Waals surface area contributed by atoms with Crippen LogP contribution in [0, 0.1) is 40.9 Å². The highest BCUT2D eigenvalue weighted by atomic mass is 19.2. The third kappa shape index (κ3) is 2.79. The molecule has 0 N–H and O–H groups in total. The van der Waals surface area contributed by atoms with Crippen LogP contribution < -0.4 is 0 Å². The lowest BCUT2D eigenvalue weighted by atomic mass is 10.1. The first-order valence-electron chi connectivity index (χ1n) is 5.71. The minimum Gasteiger partial charge on any atom is -0.202 e.